The molecular formula is C10H18N2O4. The van der Waals surface area contributed by atoms with Gasteiger partial charge in [0.25, 0.3) is 0 Å². The molecule has 0 aromatic heterocycles. The van der Waals surface area contributed by atoms with Gasteiger partial charge in [-0.3, -0.25) is 0 Å². The van der Waals surface area contributed by atoms with Crippen molar-refractivity contribution in [3.8, 4) is 0 Å². The Balaban J connectivity index is 2.36. The zero-order valence-corrected chi connectivity index (χ0v) is 9.58. The Kier molecular flexibility index (Phi) is 4.12. The molecule has 1 saturated carbocycles. The molecule has 16 heavy (non-hydrogen) atoms. The quantitative estimate of drug-likeness (QED) is 0.635. The van der Waals surface area contributed by atoms with E-state index in [0.717, 1.165) is 6.42 Å². The molecule has 0 aliphatic heterocycles. The first-order valence-electron chi connectivity index (χ1n) is 5.32. The lowest BCUT2D eigenvalue weighted by Crippen LogP contribution is -2.61. The summed E-state index contributed by atoms with van der Waals surface area (Å²) < 4.78 is 4.96. The molecule has 1 fully saturated rings. The van der Waals surface area contributed by atoms with Gasteiger partial charge in [-0.1, -0.05) is 0 Å². The summed E-state index contributed by atoms with van der Waals surface area (Å²) in [6.45, 7) is 2.18. The number of methoxy groups -OCH3 is 1. The fourth-order valence-corrected chi connectivity index (χ4v) is 1.50. The molecule has 0 aromatic carbocycles. The highest BCUT2D eigenvalue weighted by Crippen LogP contribution is 2.31. The average Bonchev–Trinajstić information content (AvgIpc) is 2.19. The predicted molar refractivity (Wildman–Crippen MR) is 57.2 cm³/mol. The number of ether oxygens (including phenoxy) is 1. The van der Waals surface area contributed by atoms with Crippen molar-refractivity contribution >= 4 is 12.0 Å². The van der Waals surface area contributed by atoms with Crippen molar-refractivity contribution < 1.29 is 19.4 Å². The van der Waals surface area contributed by atoms with Crippen LogP contribution in [0.3, 0.4) is 0 Å². The first kappa shape index (κ1) is 12.8. The number of carbonyl (C=O) groups is 2. The fraction of sp³-hybridized carbons (Fsp3) is 0.800. The van der Waals surface area contributed by atoms with Crippen LogP contribution in [-0.4, -0.2) is 42.4 Å². The number of rotatable bonds is 5. The van der Waals surface area contributed by atoms with E-state index >= 15 is 0 Å². The Morgan fingerprint density at radius 2 is 2.12 bits per heavy atom. The number of nitrogens with one attached hydrogen (secondary N) is 2. The van der Waals surface area contributed by atoms with E-state index in [9.17, 15) is 9.59 Å². The van der Waals surface area contributed by atoms with Crippen LogP contribution in [0.2, 0.25) is 0 Å². The van der Waals surface area contributed by atoms with E-state index in [-0.39, 0.29) is 6.10 Å². The standard InChI is InChI=1S/C10H18N2O4/c1-7(16-2)6-11-9(15)12-10(8(13)14)4-3-5-10/h7H,3-6H2,1-2H3,(H,13,14)(H2,11,12,15). The largest absolute Gasteiger partial charge is 0.480 e. The molecule has 0 bridgehead atoms. The summed E-state index contributed by atoms with van der Waals surface area (Å²) in [6.07, 6.45) is 1.74. The zero-order chi connectivity index (χ0) is 12.2. The molecule has 2 amide bonds. The maximum absolute atomic E-state index is 11.4. The van der Waals surface area contributed by atoms with E-state index in [0.29, 0.717) is 19.4 Å². The molecule has 1 rings (SSSR count). The number of hydrogen-bond acceptors (Lipinski definition) is 3. The van der Waals surface area contributed by atoms with Crippen molar-refractivity contribution in [1.29, 1.82) is 0 Å². The molecular weight excluding hydrogens is 212 g/mol. The van der Waals surface area contributed by atoms with E-state index in [1.54, 1.807) is 7.11 Å². The minimum atomic E-state index is -1.06. The Morgan fingerprint density at radius 3 is 2.50 bits per heavy atom. The predicted octanol–water partition coefficient (Wildman–Crippen LogP) is 0.328. The van der Waals surface area contributed by atoms with Crippen LogP contribution in [0, 0.1) is 0 Å². The lowest BCUT2D eigenvalue weighted by Gasteiger charge is -2.38. The second kappa shape index (κ2) is 5.16. The molecule has 0 saturated heterocycles. The molecule has 0 heterocycles. The van der Waals surface area contributed by atoms with Crippen molar-refractivity contribution in [3.05, 3.63) is 0 Å². The molecule has 1 aliphatic rings. The maximum atomic E-state index is 11.4. The first-order chi connectivity index (χ1) is 7.50. The number of carboxylic acids is 1. The minimum Gasteiger partial charge on any atom is -0.480 e. The summed E-state index contributed by atoms with van der Waals surface area (Å²) in [6, 6.07) is -0.453. The van der Waals surface area contributed by atoms with Gasteiger partial charge in [-0.15, -0.1) is 0 Å². The summed E-state index contributed by atoms with van der Waals surface area (Å²) in [5.74, 6) is -0.964. The number of urea groups is 1. The minimum absolute atomic E-state index is 0.0899. The normalized spacial score (nSPS) is 19.4. The highest BCUT2D eigenvalue weighted by atomic mass is 16.5. The third kappa shape index (κ3) is 2.85. The van der Waals surface area contributed by atoms with Crippen LogP contribution in [0.25, 0.3) is 0 Å². The third-order valence-electron chi connectivity index (χ3n) is 2.92. The van der Waals surface area contributed by atoms with Crippen molar-refractivity contribution in [2.75, 3.05) is 13.7 Å². The van der Waals surface area contributed by atoms with Gasteiger partial charge in [0.05, 0.1) is 6.10 Å². The van der Waals surface area contributed by atoms with Crippen LogP contribution in [0.4, 0.5) is 4.79 Å². The van der Waals surface area contributed by atoms with E-state index in [4.69, 9.17) is 9.84 Å². The van der Waals surface area contributed by atoms with Gasteiger partial charge < -0.3 is 20.5 Å². The van der Waals surface area contributed by atoms with Crippen LogP contribution in [0.5, 0.6) is 0 Å². The fourth-order valence-electron chi connectivity index (χ4n) is 1.50. The van der Waals surface area contributed by atoms with Gasteiger partial charge in [0, 0.05) is 13.7 Å². The van der Waals surface area contributed by atoms with Crippen LogP contribution in [-0.2, 0) is 9.53 Å². The van der Waals surface area contributed by atoms with E-state index in [1.807, 2.05) is 6.92 Å². The van der Waals surface area contributed by atoms with Crippen LogP contribution < -0.4 is 10.6 Å². The van der Waals surface area contributed by atoms with Crippen molar-refractivity contribution in [2.45, 2.75) is 37.8 Å². The van der Waals surface area contributed by atoms with Crippen molar-refractivity contribution in [2.24, 2.45) is 0 Å². The highest BCUT2D eigenvalue weighted by molar-refractivity contribution is 5.87. The Bertz CT molecular complexity index is 276. The number of carboxylic acid groups (broad SMARTS) is 1. The van der Waals surface area contributed by atoms with Crippen LogP contribution in [0.1, 0.15) is 26.2 Å². The van der Waals surface area contributed by atoms with Crippen LogP contribution >= 0.6 is 0 Å². The topological polar surface area (TPSA) is 87.7 Å². The number of carbonyl (C=O) groups excluding carboxylic acids is 1. The summed E-state index contributed by atoms with van der Waals surface area (Å²) >= 11 is 0. The average molecular weight is 230 g/mol. The van der Waals surface area contributed by atoms with E-state index in [2.05, 4.69) is 10.6 Å². The summed E-state index contributed by atoms with van der Waals surface area (Å²) in [5.41, 5.74) is -1.06. The lowest BCUT2D eigenvalue weighted by molar-refractivity contribution is -0.148. The molecule has 0 radical (unpaired) electrons. The zero-order valence-electron chi connectivity index (χ0n) is 9.58. The SMILES string of the molecule is COC(C)CNC(=O)NC1(C(=O)O)CCC1. The lowest BCUT2D eigenvalue weighted by atomic mass is 9.77. The molecule has 92 valence electrons. The van der Waals surface area contributed by atoms with Crippen LogP contribution in [0.15, 0.2) is 0 Å². The number of hydrogen-bond donors (Lipinski definition) is 3. The second-order valence-corrected chi connectivity index (χ2v) is 4.12. The van der Waals surface area contributed by atoms with E-state index in [1.165, 1.54) is 0 Å². The summed E-state index contributed by atoms with van der Waals surface area (Å²) in [4.78, 5) is 22.4. The molecule has 1 aliphatic carbocycles. The maximum Gasteiger partial charge on any atom is 0.329 e. The van der Waals surface area contributed by atoms with Gasteiger partial charge in [-0.2, -0.15) is 0 Å². The van der Waals surface area contributed by atoms with Gasteiger partial charge in [0.2, 0.25) is 0 Å². The van der Waals surface area contributed by atoms with Gasteiger partial charge in [0.1, 0.15) is 5.54 Å². The van der Waals surface area contributed by atoms with Crippen molar-refractivity contribution in [1.82, 2.24) is 10.6 Å². The Labute approximate surface area is 94.3 Å². The number of amides is 2. The molecule has 0 aromatic rings. The molecule has 6 heteroatoms. The van der Waals surface area contributed by atoms with Gasteiger partial charge in [-0.05, 0) is 26.2 Å². The molecule has 6 nitrogen and oxygen atoms in total. The summed E-state index contributed by atoms with van der Waals surface area (Å²) in [5, 5.41) is 14.1. The molecule has 1 atom stereocenters. The van der Waals surface area contributed by atoms with Gasteiger partial charge in [-0.25, -0.2) is 9.59 Å². The first-order valence-corrected chi connectivity index (χ1v) is 5.32. The number of aliphatic carboxylic acids is 1. The third-order valence-corrected chi connectivity index (χ3v) is 2.92. The van der Waals surface area contributed by atoms with E-state index < -0.39 is 17.5 Å². The second-order valence-electron chi connectivity index (χ2n) is 4.12. The smallest absolute Gasteiger partial charge is 0.329 e. The Morgan fingerprint density at radius 1 is 1.50 bits per heavy atom. The van der Waals surface area contributed by atoms with Crippen molar-refractivity contribution in [3.63, 3.8) is 0 Å². The summed E-state index contributed by atoms with van der Waals surface area (Å²) in [7, 11) is 1.55. The molecule has 3 N–H and O–H groups in total. The highest BCUT2D eigenvalue weighted by Gasteiger charge is 2.45. The van der Waals surface area contributed by atoms with Gasteiger partial charge >= 0.3 is 12.0 Å². The molecule has 0 spiro atoms. The molecule has 1 unspecified atom stereocenters. The monoisotopic (exact) mass is 230 g/mol. The van der Waals surface area contributed by atoms with Gasteiger partial charge in [0.15, 0.2) is 0 Å². The Hall–Kier alpha value is -1.30.